The first-order chi connectivity index (χ1) is 7.69. The number of aliphatic hydroxyl groups is 1. The molecule has 16 heavy (non-hydrogen) atoms. The van der Waals surface area contributed by atoms with Gasteiger partial charge in [0.1, 0.15) is 0 Å². The Morgan fingerprint density at radius 2 is 2.25 bits per heavy atom. The highest BCUT2D eigenvalue weighted by molar-refractivity contribution is 6.00. The van der Waals surface area contributed by atoms with Gasteiger partial charge in [-0.3, -0.25) is 4.79 Å². The average Bonchev–Trinajstić information content (AvgIpc) is 2.29. The lowest BCUT2D eigenvalue weighted by atomic mass is 10.1. The van der Waals surface area contributed by atoms with E-state index in [0.717, 1.165) is 5.69 Å². The van der Waals surface area contributed by atoms with Crippen molar-refractivity contribution < 1.29 is 9.90 Å². The minimum absolute atomic E-state index is 0.0656. The van der Waals surface area contributed by atoms with Crippen molar-refractivity contribution in [2.45, 2.75) is 6.42 Å². The van der Waals surface area contributed by atoms with Gasteiger partial charge in [0.25, 0.3) is 5.91 Å². The molecule has 1 rings (SSSR count). The number of carbonyl (C=O) groups excluding carboxylic acids is 1. The Morgan fingerprint density at radius 3 is 2.88 bits per heavy atom. The zero-order valence-corrected chi connectivity index (χ0v) is 9.29. The fourth-order valence-electron chi connectivity index (χ4n) is 1.34. The van der Waals surface area contributed by atoms with Crippen LogP contribution in [0.15, 0.2) is 18.2 Å². The second-order valence-electron chi connectivity index (χ2n) is 3.39. The maximum Gasteiger partial charge on any atom is 0.253 e. The number of nitrogens with one attached hydrogen (secondary N) is 2. The zero-order valence-electron chi connectivity index (χ0n) is 9.29. The third-order valence-electron chi connectivity index (χ3n) is 2.18. The van der Waals surface area contributed by atoms with E-state index in [1.165, 1.54) is 0 Å². The molecule has 5 nitrogen and oxygen atoms in total. The molecule has 0 saturated carbocycles. The monoisotopic (exact) mass is 223 g/mol. The molecular formula is C11H17N3O2. The normalized spacial score (nSPS) is 9.88. The van der Waals surface area contributed by atoms with Gasteiger partial charge in [-0.15, -0.1) is 0 Å². The molecule has 5 heteroatoms. The Bertz CT molecular complexity index is 366. The Kier molecular flexibility index (Phi) is 4.60. The minimum atomic E-state index is -0.190. The van der Waals surface area contributed by atoms with Crippen LogP contribution in [0.2, 0.25) is 0 Å². The van der Waals surface area contributed by atoms with Crippen LogP contribution >= 0.6 is 0 Å². The first-order valence-corrected chi connectivity index (χ1v) is 5.15. The molecule has 0 aliphatic rings. The molecule has 0 fully saturated rings. The minimum Gasteiger partial charge on any atom is -0.399 e. The van der Waals surface area contributed by atoms with Crippen LogP contribution in [-0.4, -0.2) is 31.2 Å². The molecule has 0 aliphatic heterocycles. The number of carbonyl (C=O) groups is 1. The second-order valence-corrected chi connectivity index (χ2v) is 3.39. The van der Waals surface area contributed by atoms with Crippen LogP contribution in [0, 0.1) is 0 Å². The van der Waals surface area contributed by atoms with E-state index in [9.17, 15) is 4.79 Å². The number of nitrogens with two attached hydrogens (primary N) is 1. The van der Waals surface area contributed by atoms with Crippen molar-refractivity contribution in [1.82, 2.24) is 5.32 Å². The van der Waals surface area contributed by atoms with E-state index in [4.69, 9.17) is 10.8 Å². The van der Waals surface area contributed by atoms with Crippen LogP contribution in [0.4, 0.5) is 11.4 Å². The maximum absolute atomic E-state index is 11.8. The van der Waals surface area contributed by atoms with E-state index in [1.54, 1.807) is 25.2 Å². The lowest BCUT2D eigenvalue weighted by Gasteiger charge is -2.10. The molecule has 0 unspecified atom stereocenters. The zero-order chi connectivity index (χ0) is 12.0. The number of anilines is 2. The van der Waals surface area contributed by atoms with Crippen molar-refractivity contribution >= 4 is 17.3 Å². The van der Waals surface area contributed by atoms with Crippen molar-refractivity contribution in [2.75, 3.05) is 31.2 Å². The summed E-state index contributed by atoms with van der Waals surface area (Å²) in [5.41, 5.74) is 7.42. The quantitative estimate of drug-likeness (QED) is 0.430. The molecule has 0 spiro atoms. The van der Waals surface area contributed by atoms with E-state index in [-0.39, 0.29) is 12.5 Å². The van der Waals surface area contributed by atoms with Gasteiger partial charge in [0, 0.05) is 31.6 Å². The summed E-state index contributed by atoms with van der Waals surface area (Å²) in [6.07, 6.45) is 0.545. The molecule has 0 aromatic heterocycles. The summed E-state index contributed by atoms with van der Waals surface area (Å²) in [6, 6.07) is 5.12. The molecule has 1 aromatic rings. The Labute approximate surface area is 94.7 Å². The van der Waals surface area contributed by atoms with Crippen molar-refractivity contribution in [3.63, 3.8) is 0 Å². The van der Waals surface area contributed by atoms with Crippen LogP contribution in [0.3, 0.4) is 0 Å². The molecule has 1 amide bonds. The van der Waals surface area contributed by atoms with Crippen LogP contribution < -0.4 is 16.4 Å². The summed E-state index contributed by atoms with van der Waals surface area (Å²) in [4.78, 5) is 11.8. The number of nitrogen functional groups attached to an aromatic ring is 1. The molecule has 0 bridgehead atoms. The number of benzene rings is 1. The standard InChI is InChI=1S/C11H17N3O2/c1-13-10-4-3-8(12)7-9(10)11(16)14-5-2-6-15/h3-4,7,13,15H,2,5-6,12H2,1H3,(H,14,16). The van der Waals surface area contributed by atoms with Crippen molar-refractivity contribution in [3.05, 3.63) is 23.8 Å². The summed E-state index contributed by atoms with van der Waals surface area (Å²) in [7, 11) is 1.75. The summed E-state index contributed by atoms with van der Waals surface area (Å²) < 4.78 is 0. The molecule has 1 aromatic carbocycles. The van der Waals surface area contributed by atoms with Crippen molar-refractivity contribution in [1.29, 1.82) is 0 Å². The largest absolute Gasteiger partial charge is 0.399 e. The van der Waals surface area contributed by atoms with Gasteiger partial charge < -0.3 is 21.5 Å². The van der Waals surface area contributed by atoms with E-state index < -0.39 is 0 Å². The van der Waals surface area contributed by atoms with Gasteiger partial charge in [0.05, 0.1) is 5.56 Å². The first-order valence-electron chi connectivity index (χ1n) is 5.15. The molecular weight excluding hydrogens is 206 g/mol. The summed E-state index contributed by atoms with van der Waals surface area (Å²) in [5, 5.41) is 14.2. The fourth-order valence-corrected chi connectivity index (χ4v) is 1.34. The number of amides is 1. The summed E-state index contributed by atoms with van der Waals surface area (Å²) in [5.74, 6) is -0.190. The molecule has 0 aliphatic carbocycles. The lowest BCUT2D eigenvalue weighted by molar-refractivity contribution is 0.0952. The van der Waals surface area contributed by atoms with Crippen molar-refractivity contribution in [3.8, 4) is 0 Å². The first kappa shape index (κ1) is 12.3. The summed E-state index contributed by atoms with van der Waals surface area (Å²) >= 11 is 0. The second kappa shape index (κ2) is 5.97. The van der Waals surface area contributed by atoms with Gasteiger partial charge in [-0.25, -0.2) is 0 Å². The van der Waals surface area contributed by atoms with E-state index in [2.05, 4.69) is 10.6 Å². The molecule has 0 saturated heterocycles. The average molecular weight is 223 g/mol. The molecule has 5 N–H and O–H groups in total. The number of aliphatic hydroxyl groups excluding tert-OH is 1. The lowest BCUT2D eigenvalue weighted by Crippen LogP contribution is -2.25. The van der Waals surface area contributed by atoms with Gasteiger partial charge in [-0.1, -0.05) is 0 Å². The summed E-state index contributed by atoms with van der Waals surface area (Å²) in [6.45, 7) is 0.517. The van der Waals surface area contributed by atoms with Gasteiger partial charge in [0.15, 0.2) is 0 Å². The molecule has 0 radical (unpaired) electrons. The van der Waals surface area contributed by atoms with E-state index in [1.807, 2.05) is 0 Å². The maximum atomic E-state index is 11.8. The Hall–Kier alpha value is -1.75. The predicted octanol–water partition coefficient (Wildman–Crippen LogP) is 0.423. The number of hydrogen-bond donors (Lipinski definition) is 4. The predicted molar refractivity (Wildman–Crippen MR) is 64.4 cm³/mol. The highest BCUT2D eigenvalue weighted by Crippen LogP contribution is 2.18. The third kappa shape index (κ3) is 3.13. The Balaban J connectivity index is 2.76. The fraction of sp³-hybridized carbons (Fsp3) is 0.364. The topological polar surface area (TPSA) is 87.4 Å². The third-order valence-corrected chi connectivity index (χ3v) is 2.18. The van der Waals surface area contributed by atoms with Gasteiger partial charge in [-0.2, -0.15) is 0 Å². The number of rotatable bonds is 5. The van der Waals surface area contributed by atoms with Gasteiger partial charge in [0.2, 0.25) is 0 Å². The smallest absolute Gasteiger partial charge is 0.253 e. The van der Waals surface area contributed by atoms with Crippen LogP contribution in [0.1, 0.15) is 16.8 Å². The Morgan fingerprint density at radius 1 is 1.50 bits per heavy atom. The van der Waals surface area contributed by atoms with Crippen molar-refractivity contribution in [2.24, 2.45) is 0 Å². The highest BCUT2D eigenvalue weighted by Gasteiger charge is 2.10. The molecule has 0 heterocycles. The van der Waals surface area contributed by atoms with Gasteiger partial charge in [-0.05, 0) is 24.6 Å². The molecule has 88 valence electrons. The van der Waals surface area contributed by atoms with Crippen LogP contribution in [-0.2, 0) is 0 Å². The van der Waals surface area contributed by atoms with E-state index >= 15 is 0 Å². The highest BCUT2D eigenvalue weighted by atomic mass is 16.3. The number of hydrogen-bond acceptors (Lipinski definition) is 4. The van der Waals surface area contributed by atoms with Gasteiger partial charge >= 0.3 is 0 Å². The van der Waals surface area contributed by atoms with E-state index in [0.29, 0.717) is 24.2 Å². The SMILES string of the molecule is CNc1ccc(N)cc1C(=O)NCCCO. The molecule has 0 atom stereocenters. The van der Waals surface area contributed by atoms with Crippen LogP contribution in [0.5, 0.6) is 0 Å². The van der Waals surface area contributed by atoms with Crippen LogP contribution in [0.25, 0.3) is 0 Å².